The lowest BCUT2D eigenvalue weighted by Gasteiger charge is -2.12. The number of rotatable bonds is 6. The average Bonchev–Trinajstić information content (AvgIpc) is 2.22. The molecule has 100 valence electrons. The van der Waals surface area contributed by atoms with Crippen LogP contribution in [0.1, 0.15) is 12.0 Å². The van der Waals surface area contributed by atoms with Crippen molar-refractivity contribution >= 4 is 31.7 Å². The van der Waals surface area contributed by atoms with E-state index in [4.69, 9.17) is 5.73 Å². The van der Waals surface area contributed by atoms with Crippen molar-refractivity contribution in [3.05, 3.63) is 34.3 Å². The van der Waals surface area contributed by atoms with E-state index < -0.39 is 21.7 Å². The SMILES string of the molecule is CS(=O)(=O)CC[C@@H](Cc1cccc(Br)c1)C(N)=O. The number of carbonyl (C=O) groups is 1. The molecule has 4 nitrogen and oxygen atoms in total. The van der Waals surface area contributed by atoms with E-state index in [1.165, 1.54) is 0 Å². The standard InChI is InChI=1S/C12H16BrNO3S/c1-18(16,17)6-5-10(12(14)15)7-9-3-2-4-11(13)8-9/h2-4,8,10H,5-7H2,1H3,(H2,14,15)/t10-/m0/s1. The number of nitrogens with two attached hydrogens (primary N) is 1. The van der Waals surface area contributed by atoms with Crippen LogP contribution in [0.3, 0.4) is 0 Å². The van der Waals surface area contributed by atoms with E-state index in [-0.39, 0.29) is 12.2 Å². The van der Waals surface area contributed by atoms with Gasteiger partial charge in [0.05, 0.1) is 5.75 Å². The Labute approximate surface area is 116 Å². The van der Waals surface area contributed by atoms with Gasteiger partial charge in [-0.3, -0.25) is 4.79 Å². The van der Waals surface area contributed by atoms with Gasteiger partial charge in [0.2, 0.25) is 5.91 Å². The third-order valence-corrected chi connectivity index (χ3v) is 4.08. The second-order valence-corrected chi connectivity index (χ2v) is 7.53. The van der Waals surface area contributed by atoms with Gasteiger partial charge in [-0.2, -0.15) is 0 Å². The number of primary amides is 1. The quantitative estimate of drug-likeness (QED) is 0.857. The van der Waals surface area contributed by atoms with Crippen LogP contribution in [0, 0.1) is 5.92 Å². The van der Waals surface area contributed by atoms with Crippen molar-refractivity contribution in [1.82, 2.24) is 0 Å². The van der Waals surface area contributed by atoms with Crippen LogP contribution in [0.2, 0.25) is 0 Å². The number of hydrogen-bond acceptors (Lipinski definition) is 3. The predicted molar refractivity (Wildman–Crippen MR) is 74.9 cm³/mol. The molecule has 6 heteroatoms. The summed E-state index contributed by atoms with van der Waals surface area (Å²) in [4.78, 5) is 11.3. The monoisotopic (exact) mass is 333 g/mol. The Hall–Kier alpha value is -0.880. The number of amides is 1. The zero-order valence-corrected chi connectivity index (χ0v) is 12.5. The molecule has 0 bridgehead atoms. The molecule has 1 rings (SSSR count). The van der Waals surface area contributed by atoms with E-state index in [0.29, 0.717) is 6.42 Å². The van der Waals surface area contributed by atoms with E-state index in [1.807, 2.05) is 24.3 Å². The van der Waals surface area contributed by atoms with Gasteiger partial charge in [0.1, 0.15) is 9.84 Å². The molecule has 0 radical (unpaired) electrons. The highest BCUT2D eigenvalue weighted by atomic mass is 79.9. The molecule has 0 aliphatic rings. The highest BCUT2D eigenvalue weighted by Crippen LogP contribution is 2.17. The molecule has 1 atom stereocenters. The lowest BCUT2D eigenvalue weighted by Crippen LogP contribution is -2.27. The van der Waals surface area contributed by atoms with Crippen molar-refractivity contribution in [3.63, 3.8) is 0 Å². The summed E-state index contributed by atoms with van der Waals surface area (Å²) in [5.74, 6) is -0.929. The summed E-state index contributed by atoms with van der Waals surface area (Å²) < 4.78 is 23.1. The normalized spacial score (nSPS) is 13.2. The summed E-state index contributed by atoms with van der Waals surface area (Å²) in [6.07, 6.45) is 1.88. The van der Waals surface area contributed by atoms with Crippen LogP contribution < -0.4 is 5.73 Å². The molecule has 1 aromatic rings. The Morgan fingerprint density at radius 3 is 2.61 bits per heavy atom. The second-order valence-electron chi connectivity index (χ2n) is 4.35. The maximum absolute atomic E-state index is 11.3. The van der Waals surface area contributed by atoms with Gasteiger partial charge in [-0.1, -0.05) is 28.1 Å². The fourth-order valence-corrected chi connectivity index (χ4v) is 2.81. The Morgan fingerprint density at radius 2 is 2.11 bits per heavy atom. The average molecular weight is 334 g/mol. The molecule has 0 aromatic heterocycles. The topological polar surface area (TPSA) is 77.2 Å². The third-order valence-electron chi connectivity index (χ3n) is 2.61. The van der Waals surface area contributed by atoms with Gasteiger partial charge in [0.15, 0.2) is 0 Å². The van der Waals surface area contributed by atoms with E-state index >= 15 is 0 Å². The van der Waals surface area contributed by atoms with Crippen LogP contribution in [-0.2, 0) is 21.1 Å². The smallest absolute Gasteiger partial charge is 0.220 e. The molecule has 0 aliphatic heterocycles. The first kappa shape index (κ1) is 15.2. The van der Waals surface area contributed by atoms with E-state index in [9.17, 15) is 13.2 Å². The van der Waals surface area contributed by atoms with Gasteiger partial charge in [-0.15, -0.1) is 0 Å². The largest absolute Gasteiger partial charge is 0.369 e. The Kier molecular flexibility index (Phi) is 5.34. The minimum atomic E-state index is -3.07. The first-order valence-corrected chi connectivity index (χ1v) is 8.35. The third kappa shape index (κ3) is 5.64. The maximum Gasteiger partial charge on any atom is 0.220 e. The molecular formula is C12H16BrNO3S. The van der Waals surface area contributed by atoms with Crippen LogP contribution in [0.5, 0.6) is 0 Å². The van der Waals surface area contributed by atoms with Crippen LogP contribution >= 0.6 is 15.9 Å². The molecule has 0 spiro atoms. The Balaban J connectivity index is 2.72. The minimum absolute atomic E-state index is 0.0192. The first-order chi connectivity index (χ1) is 8.28. The van der Waals surface area contributed by atoms with Crippen LogP contribution in [-0.4, -0.2) is 26.3 Å². The molecule has 18 heavy (non-hydrogen) atoms. The number of halogens is 1. The highest BCUT2D eigenvalue weighted by molar-refractivity contribution is 9.10. The molecule has 0 aliphatic carbocycles. The van der Waals surface area contributed by atoms with Crippen molar-refractivity contribution in [2.45, 2.75) is 12.8 Å². The number of hydrogen-bond donors (Lipinski definition) is 1. The maximum atomic E-state index is 11.3. The molecule has 1 aromatic carbocycles. The number of benzene rings is 1. The Bertz CT molecular complexity index is 528. The van der Waals surface area contributed by atoms with Crippen molar-refractivity contribution in [1.29, 1.82) is 0 Å². The van der Waals surface area contributed by atoms with Crippen molar-refractivity contribution in [3.8, 4) is 0 Å². The molecule has 0 fully saturated rings. The molecule has 1 amide bonds. The molecular weight excluding hydrogens is 318 g/mol. The molecule has 0 saturated heterocycles. The van der Waals surface area contributed by atoms with Crippen molar-refractivity contribution in [2.75, 3.05) is 12.0 Å². The lowest BCUT2D eigenvalue weighted by molar-refractivity contribution is -0.121. The molecule has 0 saturated carbocycles. The second kappa shape index (κ2) is 6.33. The highest BCUT2D eigenvalue weighted by Gasteiger charge is 2.18. The number of carbonyl (C=O) groups excluding carboxylic acids is 1. The molecule has 0 unspecified atom stereocenters. The fraction of sp³-hybridized carbons (Fsp3) is 0.417. The van der Waals surface area contributed by atoms with Gasteiger partial charge in [0.25, 0.3) is 0 Å². The van der Waals surface area contributed by atoms with Gasteiger partial charge >= 0.3 is 0 Å². The summed E-state index contributed by atoms with van der Waals surface area (Å²) in [7, 11) is -3.07. The fourth-order valence-electron chi connectivity index (χ4n) is 1.65. The van der Waals surface area contributed by atoms with E-state index in [2.05, 4.69) is 15.9 Å². The van der Waals surface area contributed by atoms with Crippen LogP contribution in [0.25, 0.3) is 0 Å². The zero-order valence-electron chi connectivity index (χ0n) is 10.1. The molecule has 2 N–H and O–H groups in total. The van der Waals surface area contributed by atoms with Crippen molar-refractivity contribution < 1.29 is 13.2 Å². The van der Waals surface area contributed by atoms with Crippen LogP contribution in [0.4, 0.5) is 0 Å². The summed E-state index contributed by atoms with van der Waals surface area (Å²) >= 11 is 3.35. The van der Waals surface area contributed by atoms with Crippen LogP contribution in [0.15, 0.2) is 28.7 Å². The number of sulfone groups is 1. The Morgan fingerprint density at radius 1 is 1.44 bits per heavy atom. The van der Waals surface area contributed by atoms with Gasteiger partial charge in [-0.05, 0) is 30.5 Å². The molecule has 0 heterocycles. The summed E-state index contributed by atoms with van der Waals surface area (Å²) in [5.41, 5.74) is 6.27. The first-order valence-electron chi connectivity index (χ1n) is 5.49. The summed E-state index contributed by atoms with van der Waals surface area (Å²) in [6, 6.07) is 7.55. The van der Waals surface area contributed by atoms with Crippen molar-refractivity contribution in [2.24, 2.45) is 11.7 Å². The lowest BCUT2D eigenvalue weighted by atomic mass is 9.96. The van der Waals surface area contributed by atoms with E-state index in [0.717, 1.165) is 16.3 Å². The summed E-state index contributed by atoms with van der Waals surface area (Å²) in [5, 5.41) is 0. The zero-order chi connectivity index (χ0) is 13.8. The minimum Gasteiger partial charge on any atom is -0.369 e. The van der Waals surface area contributed by atoms with Gasteiger partial charge < -0.3 is 5.73 Å². The van der Waals surface area contributed by atoms with Gasteiger partial charge in [-0.25, -0.2) is 8.42 Å². The van der Waals surface area contributed by atoms with E-state index in [1.54, 1.807) is 0 Å². The van der Waals surface area contributed by atoms with Gasteiger partial charge in [0, 0.05) is 16.6 Å². The summed E-state index contributed by atoms with van der Waals surface area (Å²) in [6.45, 7) is 0. The predicted octanol–water partition coefficient (Wildman–Crippen LogP) is 1.53.